The van der Waals surface area contributed by atoms with Gasteiger partial charge in [-0.3, -0.25) is 10.1 Å². The van der Waals surface area contributed by atoms with E-state index in [4.69, 9.17) is 0 Å². The normalized spacial score (nSPS) is 11.5. The van der Waals surface area contributed by atoms with Crippen molar-refractivity contribution in [3.8, 4) is 5.69 Å². The molecule has 0 saturated carbocycles. The SMILES string of the molecule is O=[N+]([O-])c1ccc(-n2nccn2)cc1C(F)(F)F. The molecule has 1 heterocycles. The van der Waals surface area contributed by atoms with Crippen molar-refractivity contribution in [1.82, 2.24) is 15.0 Å². The van der Waals surface area contributed by atoms with Gasteiger partial charge < -0.3 is 0 Å². The van der Waals surface area contributed by atoms with Gasteiger partial charge in [-0.1, -0.05) is 0 Å². The lowest BCUT2D eigenvalue weighted by Crippen LogP contribution is -2.10. The van der Waals surface area contributed by atoms with Crippen LogP contribution >= 0.6 is 0 Å². The molecule has 1 aromatic carbocycles. The largest absolute Gasteiger partial charge is 0.423 e. The molecule has 0 aliphatic heterocycles. The highest BCUT2D eigenvalue weighted by Crippen LogP contribution is 2.36. The fourth-order valence-electron chi connectivity index (χ4n) is 1.38. The molecule has 1 aromatic heterocycles. The molecule has 0 radical (unpaired) electrons. The van der Waals surface area contributed by atoms with Gasteiger partial charge in [0.15, 0.2) is 0 Å². The van der Waals surface area contributed by atoms with Gasteiger partial charge in [0.05, 0.1) is 23.0 Å². The van der Waals surface area contributed by atoms with E-state index in [1.54, 1.807) is 0 Å². The Morgan fingerprint density at radius 1 is 1.22 bits per heavy atom. The van der Waals surface area contributed by atoms with Gasteiger partial charge in [-0.05, 0) is 12.1 Å². The highest BCUT2D eigenvalue weighted by Gasteiger charge is 2.38. The van der Waals surface area contributed by atoms with E-state index >= 15 is 0 Å². The molecule has 94 valence electrons. The topological polar surface area (TPSA) is 73.8 Å². The predicted octanol–water partition coefficient (Wildman–Crippen LogP) is 2.19. The van der Waals surface area contributed by atoms with E-state index in [9.17, 15) is 23.3 Å². The minimum Gasteiger partial charge on any atom is -0.258 e. The molecule has 0 aliphatic rings. The zero-order chi connectivity index (χ0) is 13.3. The van der Waals surface area contributed by atoms with Crippen LogP contribution < -0.4 is 0 Å². The van der Waals surface area contributed by atoms with E-state index in [1.807, 2.05) is 0 Å². The maximum atomic E-state index is 12.7. The lowest BCUT2D eigenvalue weighted by Gasteiger charge is -2.08. The number of benzene rings is 1. The molecule has 0 atom stereocenters. The van der Waals surface area contributed by atoms with E-state index in [0.717, 1.165) is 16.9 Å². The molecule has 0 aliphatic carbocycles. The summed E-state index contributed by atoms with van der Waals surface area (Å²) < 4.78 is 38.0. The molecule has 0 fully saturated rings. The van der Waals surface area contributed by atoms with Crippen LogP contribution in [0.5, 0.6) is 0 Å². The molecule has 0 unspecified atom stereocenters. The molecule has 6 nitrogen and oxygen atoms in total. The molecule has 2 aromatic rings. The first kappa shape index (κ1) is 12.0. The second-order valence-corrected chi connectivity index (χ2v) is 3.27. The monoisotopic (exact) mass is 258 g/mol. The van der Waals surface area contributed by atoms with Crippen LogP contribution in [0.1, 0.15) is 5.56 Å². The van der Waals surface area contributed by atoms with E-state index in [-0.39, 0.29) is 5.69 Å². The molecule has 0 spiro atoms. The van der Waals surface area contributed by atoms with Crippen LogP contribution in [0.15, 0.2) is 30.6 Å². The highest BCUT2D eigenvalue weighted by molar-refractivity contribution is 5.49. The number of rotatable bonds is 2. The van der Waals surface area contributed by atoms with Crippen molar-refractivity contribution >= 4 is 5.69 Å². The van der Waals surface area contributed by atoms with Crippen LogP contribution in [0.3, 0.4) is 0 Å². The summed E-state index contributed by atoms with van der Waals surface area (Å²) >= 11 is 0. The van der Waals surface area contributed by atoms with Gasteiger partial charge in [-0.15, -0.1) is 0 Å². The minimum atomic E-state index is -4.81. The Morgan fingerprint density at radius 2 is 1.83 bits per heavy atom. The molecule has 0 amide bonds. The molecule has 18 heavy (non-hydrogen) atoms. The second-order valence-electron chi connectivity index (χ2n) is 3.27. The van der Waals surface area contributed by atoms with Gasteiger partial charge >= 0.3 is 6.18 Å². The first-order valence-electron chi connectivity index (χ1n) is 4.62. The highest BCUT2D eigenvalue weighted by atomic mass is 19.4. The fourth-order valence-corrected chi connectivity index (χ4v) is 1.38. The second kappa shape index (κ2) is 4.09. The summed E-state index contributed by atoms with van der Waals surface area (Å²) in [5.74, 6) is 0. The summed E-state index contributed by atoms with van der Waals surface area (Å²) in [5, 5.41) is 17.8. The van der Waals surface area contributed by atoms with Crippen LogP contribution in [0.2, 0.25) is 0 Å². The summed E-state index contributed by atoms with van der Waals surface area (Å²) in [7, 11) is 0. The van der Waals surface area contributed by atoms with E-state index in [1.165, 1.54) is 12.4 Å². The third-order valence-electron chi connectivity index (χ3n) is 2.13. The number of hydrogen-bond acceptors (Lipinski definition) is 4. The van der Waals surface area contributed by atoms with Crippen LogP contribution in [0, 0.1) is 10.1 Å². The maximum Gasteiger partial charge on any atom is 0.423 e. The number of nitrogens with zero attached hydrogens (tertiary/aromatic N) is 4. The standard InChI is InChI=1S/C9H5F3N4O2/c10-9(11,12)7-5-6(15-13-3-4-14-15)1-2-8(7)16(17)18/h1-5H. The maximum absolute atomic E-state index is 12.7. The Morgan fingerprint density at radius 3 is 2.33 bits per heavy atom. The molecule has 0 saturated heterocycles. The molecule has 0 N–H and O–H groups in total. The zero-order valence-corrected chi connectivity index (χ0v) is 8.63. The van der Waals surface area contributed by atoms with Gasteiger partial charge in [0, 0.05) is 6.07 Å². The van der Waals surface area contributed by atoms with E-state index in [0.29, 0.717) is 6.07 Å². The van der Waals surface area contributed by atoms with Crippen molar-refractivity contribution in [3.05, 3.63) is 46.3 Å². The van der Waals surface area contributed by atoms with Crippen LogP contribution in [0.4, 0.5) is 18.9 Å². The van der Waals surface area contributed by atoms with E-state index in [2.05, 4.69) is 10.2 Å². The van der Waals surface area contributed by atoms with Gasteiger partial charge in [0.25, 0.3) is 5.69 Å². The number of hydrogen-bond donors (Lipinski definition) is 0. The molecular weight excluding hydrogens is 253 g/mol. The van der Waals surface area contributed by atoms with Crippen molar-refractivity contribution in [2.45, 2.75) is 6.18 Å². The summed E-state index contributed by atoms with van der Waals surface area (Å²) in [5.41, 5.74) is -2.33. The minimum absolute atomic E-state index is 0.00192. The van der Waals surface area contributed by atoms with Crippen LogP contribution in [-0.2, 0) is 6.18 Å². The van der Waals surface area contributed by atoms with Crippen LogP contribution in [0.25, 0.3) is 5.69 Å². The van der Waals surface area contributed by atoms with Gasteiger partial charge in [-0.25, -0.2) is 0 Å². The van der Waals surface area contributed by atoms with Crippen molar-refractivity contribution < 1.29 is 18.1 Å². The summed E-state index contributed by atoms with van der Waals surface area (Å²) in [6, 6.07) is 2.56. The Kier molecular flexibility index (Phi) is 2.73. The lowest BCUT2D eigenvalue weighted by molar-refractivity contribution is -0.388. The number of aromatic nitrogens is 3. The Bertz CT molecular complexity index is 580. The van der Waals surface area contributed by atoms with Crippen LogP contribution in [-0.4, -0.2) is 19.9 Å². The van der Waals surface area contributed by atoms with Gasteiger partial charge in [0.2, 0.25) is 0 Å². The number of nitro benzene ring substituents is 1. The average molecular weight is 258 g/mol. The summed E-state index contributed by atoms with van der Waals surface area (Å²) in [6.07, 6.45) is -2.24. The van der Waals surface area contributed by atoms with E-state index < -0.39 is 22.4 Å². The third kappa shape index (κ3) is 2.14. The molecular formula is C9H5F3N4O2. The Balaban J connectivity index is 2.60. The van der Waals surface area contributed by atoms with Gasteiger partial charge in [-0.2, -0.15) is 28.2 Å². The quantitative estimate of drug-likeness (QED) is 0.611. The van der Waals surface area contributed by atoms with Crippen molar-refractivity contribution in [3.63, 3.8) is 0 Å². The third-order valence-corrected chi connectivity index (χ3v) is 2.13. The number of nitro groups is 1. The number of halogens is 3. The molecule has 2 rings (SSSR count). The summed E-state index contributed by atoms with van der Waals surface area (Å²) in [6.45, 7) is 0. The lowest BCUT2D eigenvalue weighted by atomic mass is 10.1. The number of alkyl halides is 3. The first-order chi connectivity index (χ1) is 8.39. The predicted molar refractivity (Wildman–Crippen MR) is 53.0 cm³/mol. The smallest absolute Gasteiger partial charge is 0.258 e. The fraction of sp³-hybridized carbons (Fsp3) is 0.111. The van der Waals surface area contributed by atoms with Crippen molar-refractivity contribution in [2.75, 3.05) is 0 Å². The Labute approximate surface area is 97.8 Å². The molecule has 0 bridgehead atoms. The molecule has 9 heteroatoms. The van der Waals surface area contributed by atoms with Crippen molar-refractivity contribution in [1.29, 1.82) is 0 Å². The average Bonchev–Trinajstić information content (AvgIpc) is 2.80. The summed E-state index contributed by atoms with van der Waals surface area (Å²) in [4.78, 5) is 10.4. The van der Waals surface area contributed by atoms with Gasteiger partial charge in [0.1, 0.15) is 5.56 Å². The first-order valence-corrected chi connectivity index (χ1v) is 4.62. The van der Waals surface area contributed by atoms with Crippen molar-refractivity contribution in [2.24, 2.45) is 0 Å². The zero-order valence-electron chi connectivity index (χ0n) is 8.63. The Hall–Kier alpha value is -2.45.